The zero-order chi connectivity index (χ0) is 18.4. The molecule has 2 aromatic heterocycles. The molecular formula is C19H18N6O2. The molecule has 0 saturated carbocycles. The maximum absolute atomic E-state index is 12.3. The predicted octanol–water partition coefficient (Wildman–Crippen LogP) is 1.02. The van der Waals surface area contributed by atoms with Crippen molar-refractivity contribution in [3.63, 3.8) is 0 Å². The van der Waals surface area contributed by atoms with Crippen molar-refractivity contribution in [3.8, 4) is 0 Å². The first-order valence-electron chi connectivity index (χ1n) is 8.82. The number of aliphatic hydroxyl groups excluding tert-OH is 1. The number of hydrogen-bond donors (Lipinski definition) is 3. The third-order valence-electron chi connectivity index (χ3n) is 5.03. The highest BCUT2D eigenvalue weighted by molar-refractivity contribution is 6.19. The molecule has 3 aromatic rings. The molecule has 0 aliphatic carbocycles. The van der Waals surface area contributed by atoms with Crippen molar-refractivity contribution in [1.82, 2.24) is 25.2 Å². The fourth-order valence-corrected chi connectivity index (χ4v) is 3.60. The van der Waals surface area contributed by atoms with E-state index in [2.05, 4.69) is 37.7 Å². The Morgan fingerprint density at radius 3 is 2.81 bits per heavy atom. The van der Waals surface area contributed by atoms with E-state index in [-0.39, 0.29) is 11.9 Å². The number of benzene rings is 1. The summed E-state index contributed by atoms with van der Waals surface area (Å²) in [6.07, 6.45) is 4.93. The van der Waals surface area contributed by atoms with Gasteiger partial charge in [0.05, 0.1) is 17.3 Å². The topological polar surface area (TPSA) is 94.8 Å². The van der Waals surface area contributed by atoms with Gasteiger partial charge in [0, 0.05) is 25.1 Å². The Bertz CT molecular complexity index is 1040. The molecule has 1 saturated heterocycles. The molecule has 3 N–H and O–H groups in total. The normalized spacial score (nSPS) is 22.0. The molecule has 2 aliphatic rings. The number of aromatic nitrogens is 3. The van der Waals surface area contributed by atoms with Gasteiger partial charge in [-0.1, -0.05) is 30.3 Å². The van der Waals surface area contributed by atoms with Crippen molar-refractivity contribution in [2.75, 3.05) is 11.4 Å². The van der Waals surface area contributed by atoms with Crippen LogP contribution in [0.15, 0.2) is 55.0 Å². The van der Waals surface area contributed by atoms with E-state index in [0.29, 0.717) is 11.3 Å². The van der Waals surface area contributed by atoms with Gasteiger partial charge in [0.15, 0.2) is 5.65 Å². The number of hydrogen-bond acceptors (Lipinski definition) is 6. The Morgan fingerprint density at radius 2 is 2.07 bits per heavy atom. The van der Waals surface area contributed by atoms with Gasteiger partial charge >= 0.3 is 0 Å². The van der Waals surface area contributed by atoms with E-state index in [1.54, 1.807) is 16.9 Å². The largest absolute Gasteiger partial charge is 0.361 e. The molecule has 5 rings (SSSR count). The number of anilines is 1. The van der Waals surface area contributed by atoms with Gasteiger partial charge in [-0.15, -0.1) is 0 Å². The summed E-state index contributed by atoms with van der Waals surface area (Å²) in [6.45, 7) is 0.910. The van der Waals surface area contributed by atoms with Crippen LogP contribution in [-0.2, 0) is 4.79 Å². The summed E-state index contributed by atoms with van der Waals surface area (Å²) < 4.78 is 1.68. The van der Waals surface area contributed by atoms with Crippen LogP contribution in [0.1, 0.15) is 23.7 Å². The molecule has 1 fully saturated rings. The highest BCUT2D eigenvalue weighted by atomic mass is 16.3. The van der Waals surface area contributed by atoms with E-state index < -0.39 is 6.35 Å². The van der Waals surface area contributed by atoms with E-state index in [0.717, 1.165) is 24.3 Å². The summed E-state index contributed by atoms with van der Waals surface area (Å²) in [5.41, 5.74) is 3.83. The summed E-state index contributed by atoms with van der Waals surface area (Å²) in [6, 6.07) is 12.5. The lowest BCUT2D eigenvalue weighted by atomic mass is 9.94. The Hall–Kier alpha value is -3.39. The van der Waals surface area contributed by atoms with Gasteiger partial charge in [-0.05, 0) is 18.1 Å². The van der Waals surface area contributed by atoms with Crippen molar-refractivity contribution in [3.05, 3.63) is 66.2 Å². The molecule has 8 heteroatoms. The van der Waals surface area contributed by atoms with Crippen LogP contribution in [0.4, 0.5) is 5.69 Å². The van der Waals surface area contributed by atoms with Crippen molar-refractivity contribution in [2.45, 2.75) is 18.8 Å². The van der Waals surface area contributed by atoms with Crippen LogP contribution in [0, 0.1) is 0 Å². The number of fused-ring (bicyclic) bond motifs is 1. The minimum atomic E-state index is -1.09. The van der Waals surface area contributed by atoms with Gasteiger partial charge in [-0.25, -0.2) is 9.50 Å². The van der Waals surface area contributed by atoms with Gasteiger partial charge in [-0.2, -0.15) is 5.10 Å². The van der Waals surface area contributed by atoms with E-state index >= 15 is 0 Å². The van der Waals surface area contributed by atoms with Gasteiger partial charge < -0.3 is 20.6 Å². The second-order valence-corrected chi connectivity index (χ2v) is 6.62. The lowest BCUT2D eigenvalue weighted by molar-refractivity contribution is -0.119. The van der Waals surface area contributed by atoms with Crippen molar-refractivity contribution in [2.24, 2.45) is 0 Å². The summed E-state index contributed by atoms with van der Waals surface area (Å²) in [5, 5.41) is 19.1. The molecule has 2 unspecified atom stereocenters. The monoisotopic (exact) mass is 362 g/mol. The number of nitrogens with one attached hydrogen (secondary N) is 2. The smallest absolute Gasteiger partial charge is 0.258 e. The average molecular weight is 362 g/mol. The molecular weight excluding hydrogens is 344 g/mol. The Morgan fingerprint density at radius 1 is 1.22 bits per heavy atom. The van der Waals surface area contributed by atoms with Crippen LogP contribution in [-0.4, -0.2) is 38.5 Å². The number of carbonyl (C=O) groups excluding carboxylic acids is 1. The minimum absolute atomic E-state index is 0.274. The highest BCUT2D eigenvalue weighted by Gasteiger charge is 2.32. The Balaban J connectivity index is 1.58. The van der Waals surface area contributed by atoms with Crippen LogP contribution >= 0.6 is 0 Å². The van der Waals surface area contributed by atoms with Crippen LogP contribution in [0.5, 0.6) is 0 Å². The van der Waals surface area contributed by atoms with Gasteiger partial charge in [0.2, 0.25) is 6.35 Å². The third kappa shape index (κ3) is 2.61. The van der Waals surface area contributed by atoms with Crippen molar-refractivity contribution < 1.29 is 9.90 Å². The summed E-state index contributed by atoms with van der Waals surface area (Å²) in [7, 11) is 0. The lowest BCUT2D eigenvalue weighted by Gasteiger charge is -2.43. The molecule has 0 spiro atoms. The quantitative estimate of drug-likeness (QED) is 0.644. The number of amides is 1. The zero-order valence-electron chi connectivity index (χ0n) is 14.4. The maximum Gasteiger partial charge on any atom is 0.258 e. The molecule has 2 atom stereocenters. The second kappa shape index (κ2) is 6.10. The summed E-state index contributed by atoms with van der Waals surface area (Å²) in [5.74, 6) is -0.373. The SMILES string of the molecule is O=C1NC(O)NC=C1c1cc(N2CCC2c2ccccc2)c2nccn2n1. The number of nitrogens with zero attached hydrogens (tertiary/aromatic N) is 4. The highest BCUT2D eigenvalue weighted by Crippen LogP contribution is 2.39. The summed E-state index contributed by atoms with van der Waals surface area (Å²) in [4.78, 5) is 19.0. The van der Waals surface area contributed by atoms with E-state index in [4.69, 9.17) is 0 Å². The first kappa shape index (κ1) is 15.8. The van der Waals surface area contributed by atoms with Crippen LogP contribution in [0.25, 0.3) is 11.2 Å². The fourth-order valence-electron chi connectivity index (χ4n) is 3.60. The number of imidazole rings is 1. The lowest BCUT2D eigenvalue weighted by Crippen LogP contribution is -2.47. The molecule has 0 bridgehead atoms. The van der Waals surface area contributed by atoms with Gasteiger partial charge in [0.1, 0.15) is 5.69 Å². The number of aliphatic hydroxyl groups is 1. The molecule has 1 aromatic carbocycles. The predicted molar refractivity (Wildman–Crippen MR) is 99.4 cm³/mol. The van der Waals surface area contributed by atoms with Gasteiger partial charge in [0.25, 0.3) is 5.91 Å². The molecule has 4 heterocycles. The van der Waals surface area contributed by atoms with Gasteiger partial charge in [-0.3, -0.25) is 4.79 Å². The first-order chi connectivity index (χ1) is 13.2. The summed E-state index contributed by atoms with van der Waals surface area (Å²) >= 11 is 0. The second-order valence-electron chi connectivity index (χ2n) is 6.62. The number of carbonyl (C=O) groups is 1. The molecule has 2 aliphatic heterocycles. The first-order valence-corrected chi connectivity index (χ1v) is 8.82. The van der Waals surface area contributed by atoms with Crippen LogP contribution in [0.2, 0.25) is 0 Å². The van der Waals surface area contributed by atoms with E-state index in [9.17, 15) is 9.90 Å². The van der Waals surface area contributed by atoms with E-state index in [1.165, 1.54) is 11.8 Å². The average Bonchev–Trinajstić information content (AvgIpc) is 3.10. The van der Waals surface area contributed by atoms with Crippen molar-refractivity contribution in [1.29, 1.82) is 0 Å². The fraction of sp³-hybridized carbons (Fsp3) is 0.211. The Kier molecular flexibility index (Phi) is 3.58. The molecule has 0 radical (unpaired) electrons. The minimum Gasteiger partial charge on any atom is -0.361 e. The zero-order valence-corrected chi connectivity index (χ0v) is 14.4. The molecule has 8 nitrogen and oxygen atoms in total. The van der Waals surface area contributed by atoms with Crippen LogP contribution < -0.4 is 15.5 Å². The standard InChI is InChI=1S/C19H18N6O2/c26-18-13(11-21-19(27)22-18)14-10-16(17-20-7-9-25(17)23-14)24-8-6-15(24)12-4-2-1-3-5-12/h1-5,7,9-11,15,19,21,27H,6,8H2,(H,22,26). The van der Waals surface area contributed by atoms with Crippen LogP contribution in [0.3, 0.4) is 0 Å². The molecule has 1 amide bonds. The third-order valence-corrected chi connectivity index (χ3v) is 5.03. The molecule has 27 heavy (non-hydrogen) atoms. The number of rotatable bonds is 3. The Labute approximate surface area is 155 Å². The van der Waals surface area contributed by atoms with Crippen molar-refractivity contribution >= 4 is 22.8 Å². The maximum atomic E-state index is 12.3. The molecule has 136 valence electrons. The van der Waals surface area contributed by atoms with E-state index in [1.807, 2.05) is 24.3 Å².